The summed E-state index contributed by atoms with van der Waals surface area (Å²) in [5.74, 6) is -0.110. The van der Waals surface area contributed by atoms with Crippen molar-refractivity contribution in [1.82, 2.24) is 0 Å². The molecule has 0 saturated carbocycles. The zero-order chi connectivity index (χ0) is 24.8. The number of hydrogen-bond acceptors (Lipinski definition) is 5. The van der Waals surface area contributed by atoms with Crippen LogP contribution >= 0.6 is 11.3 Å². The summed E-state index contributed by atoms with van der Waals surface area (Å²) in [7, 11) is 0. The molecule has 0 N–H and O–H groups in total. The second-order valence-corrected chi connectivity index (χ2v) is 10.9. The fourth-order valence-corrected chi connectivity index (χ4v) is 5.27. The molecule has 1 aromatic heterocycles. The number of hydrogen-bond donors (Lipinski definition) is 0. The Morgan fingerprint density at radius 2 is 1.51 bits per heavy atom. The molecule has 0 aliphatic carbocycles. The highest BCUT2D eigenvalue weighted by Gasteiger charge is 2.26. The zero-order valence-electron chi connectivity index (χ0n) is 22.4. The number of carbonyl (C=O) groups excluding carboxylic acids is 1. The maximum Gasteiger partial charge on any atom is 0.305 e. The third-order valence-electron chi connectivity index (χ3n) is 6.86. The molecule has 2 atom stereocenters. The number of carbonyl (C=O) groups is 1. The monoisotopic (exact) mass is 510 g/mol. The molecule has 0 radical (unpaired) electrons. The Morgan fingerprint density at radius 3 is 2.17 bits per heavy atom. The summed E-state index contributed by atoms with van der Waals surface area (Å²) < 4.78 is 19.3. The van der Waals surface area contributed by atoms with Gasteiger partial charge in [-0.1, -0.05) is 102 Å². The first kappa shape index (κ1) is 30.2. The summed E-state index contributed by atoms with van der Waals surface area (Å²) in [6.45, 7) is 4.20. The Morgan fingerprint density at radius 1 is 0.886 bits per heavy atom. The maximum atomic E-state index is 12.0. The van der Waals surface area contributed by atoms with Crippen molar-refractivity contribution in [2.75, 3.05) is 13.2 Å². The van der Waals surface area contributed by atoms with Gasteiger partial charge < -0.3 is 14.2 Å². The molecular weight excluding hydrogens is 458 g/mol. The van der Waals surface area contributed by atoms with E-state index in [2.05, 4.69) is 28.6 Å². The number of esters is 1. The molecule has 0 aromatic carbocycles. The van der Waals surface area contributed by atoms with Crippen LogP contribution in [0.4, 0.5) is 0 Å². The standard InChI is InChI=1S/C29H52NO4S/c1-2-3-4-5-6-7-8-9-10-11-12-13-17-20-29-33-25-27(34-29)24-32-28(31)19-16-14-15-18-21-30-22-23-35-26-30/h22-23,26-27,29H,2-21,24-25H2,1H3/q+1. The van der Waals surface area contributed by atoms with E-state index in [4.69, 9.17) is 14.2 Å². The molecule has 1 saturated heterocycles. The minimum absolute atomic E-state index is 0.103. The lowest BCUT2D eigenvalue weighted by molar-refractivity contribution is -0.692. The van der Waals surface area contributed by atoms with Gasteiger partial charge in [-0.3, -0.25) is 4.79 Å². The number of unbranched alkanes of at least 4 members (excludes halogenated alkanes) is 15. The Kier molecular flexibility index (Phi) is 18.3. The Hall–Kier alpha value is -0.980. The summed E-state index contributed by atoms with van der Waals surface area (Å²) in [6, 6.07) is 0. The van der Waals surface area contributed by atoms with E-state index >= 15 is 0 Å². The van der Waals surface area contributed by atoms with E-state index in [-0.39, 0.29) is 18.4 Å². The molecule has 202 valence electrons. The average molecular weight is 511 g/mol. The van der Waals surface area contributed by atoms with Crippen LogP contribution in [-0.4, -0.2) is 31.6 Å². The fourth-order valence-electron chi connectivity index (χ4n) is 4.64. The Balaban J connectivity index is 1.31. The normalized spacial score (nSPS) is 17.7. The topological polar surface area (TPSA) is 48.6 Å². The van der Waals surface area contributed by atoms with E-state index in [0.717, 1.165) is 45.1 Å². The van der Waals surface area contributed by atoms with Gasteiger partial charge in [-0.25, -0.2) is 0 Å². The SMILES string of the molecule is CCCCCCCCCCCCCCCC1OCC(COC(=O)CCCCCC[n+]2ccsc2)O1. The molecule has 0 bridgehead atoms. The second-order valence-electron chi connectivity index (χ2n) is 10.2. The quantitative estimate of drug-likeness (QED) is 0.0858. The lowest BCUT2D eigenvalue weighted by Crippen LogP contribution is -2.29. The molecule has 2 heterocycles. The molecule has 1 aliphatic rings. The molecule has 2 unspecified atom stereocenters. The molecule has 2 rings (SSSR count). The third-order valence-corrected chi connectivity index (χ3v) is 7.53. The summed E-state index contributed by atoms with van der Waals surface area (Å²) >= 11 is 1.72. The van der Waals surface area contributed by atoms with Crippen molar-refractivity contribution in [1.29, 1.82) is 0 Å². The van der Waals surface area contributed by atoms with E-state index < -0.39 is 0 Å². The van der Waals surface area contributed by atoms with Crippen molar-refractivity contribution < 1.29 is 23.6 Å². The van der Waals surface area contributed by atoms with Gasteiger partial charge in [0.1, 0.15) is 19.3 Å². The van der Waals surface area contributed by atoms with Crippen LogP contribution in [0.15, 0.2) is 17.1 Å². The fraction of sp³-hybridized carbons (Fsp3) is 0.862. The summed E-state index contributed by atoms with van der Waals surface area (Å²) in [6.07, 6.45) is 25.3. The van der Waals surface area contributed by atoms with Crippen molar-refractivity contribution in [2.45, 2.75) is 148 Å². The predicted octanol–water partition coefficient (Wildman–Crippen LogP) is 7.75. The van der Waals surface area contributed by atoms with Crippen LogP contribution in [0, 0.1) is 0 Å². The molecule has 5 nitrogen and oxygen atoms in total. The van der Waals surface area contributed by atoms with Gasteiger partial charge in [0.15, 0.2) is 12.5 Å². The van der Waals surface area contributed by atoms with Gasteiger partial charge >= 0.3 is 5.97 Å². The van der Waals surface area contributed by atoms with E-state index in [9.17, 15) is 4.79 Å². The van der Waals surface area contributed by atoms with Crippen LogP contribution in [0.2, 0.25) is 0 Å². The molecular formula is C29H52NO4S+. The molecule has 1 fully saturated rings. The third kappa shape index (κ3) is 16.4. The molecule has 6 heteroatoms. The number of ether oxygens (including phenoxy) is 3. The molecule has 0 amide bonds. The van der Waals surface area contributed by atoms with Gasteiger partial charge in [-0.05, 0) is 25.7 Å². The molecule has 35 heavy (non-hydrogen) atoms. The van der Waals surface area contributed by atoms with Crippen molar-refractivity contribution in [3.8, 4) is 0 Å². The largest absolute Gasteiger partial charge is 0.463 e. The van der Waals surface area contributed by atoms with Crippen LogP contribution in [0.3, 0.4) is 0 Å². The smallest absolute Gasteiger partial charge is 0.305 e. The minimum atomic E-state index is -0.118. The van der Waals surface area contributed by atoms with Crippen molar-refractivity contribution in [3.63, 3.8) is 0 Å². The Labute approximate surface area is 218 Å². The van der Waals surface area contributed by atoms with Gasteiger partial charge in [0.05, 0.1) is 12.0 Å². The van der Waals surface area contributed by atoms with Gasteiger partial charge in [0, 0.05) is 12.8 Å². The highest BCUT2D eigenvalue weighted by Crippen LogP contribution is 2.19. The van der Waals surface area contributed by atoms with Crippen LogP contribution in [0.25, 0.3) is 0 Å². The number of aromatic nitrogens is 1. The predicted molar refractivity (Wildman–Crippen MR) is 143 cm³/mol. The van der Waals surface area contributed by atoms with Gasteiger partial charge in [0.25, 0.3) is 0 Å². The minimum Gasteiger partial charge on any atom is -0.463 e. The summed E-state index contributed by atoms with van der Waals surface area (Å²) in [5, 5.41) is 2.09. The van der Waals surface area contributed by atoms with E-state index in [1.807, 2.05) is 0 Å². The first-order valence-corrected chi connectivity index (χ1v) is 15.6. The zero-order valence-corrected chi connectivity index (χ0v) is 23.2. The van der Waals surface area contributed by atoms with E-state index in [0.29, 0.717) is 19.6 Å². The van der Waals surface area contributed by atoms with E-state index in [1.165, 1.54) is 77.0 Å². The highest BCUT2D eigenvalue weighted by molar-refractivity contribution is 7.07. The van der Waals surface area contributed by atoms with Crippen LogP contribution in [-0.2, 0) is 25.5 Å². The average Bonchev–Trinajstić information content (AvgIpc) is 3.55. The number of thiazole rings is 1. The van der Waals surface area contributed by atoms with Gasteiger partial charge in [0.2, 0.25) is 5.51 Å². The highest BCUT2D eigenvalue weighted by atomic mass is 32.1. The second kappa shape index (κ2) is 21.1. The van der Waals surface area contributed by atoms with Gasteiger partial charge in [-0.2, -0.15) is 4.57 Å². The van der Waals surface area contributed by atoms with E-state index in [1.54, 1.807) is 11.3 Å². The van der Waals surface area contributed by atoms with Crippen LogP contribution < -0.4 is 4.57 Å². The molecule has 1 aliphatic heterocycles. The lowest BCUT2D eigenvalue weighted by atomic mass is 10.0. The van der Waals surface area contributed by atoms with Crippen molar-refractivity contribution in [2.24, 2.45) is 0 Å². The Bertz CT molecular complexity index is 610. The molecule has 0 spiro atoms. The maximum absolute atomic E-state index is 12.0. The van der Waals surface area contributed by atoms with Gasteiger partial charge in [-0.15, -0.1) is 0 Å². The van der Waals surface area contributed by atoms with Crippen LogP contribution in [0.5, 0.6) is 0 Å². The van der Waals surface area contributed by atoms with Crippen molar-refractivity contribution >= 4 is 17.3 Å². The number of aryl methyl sites for hydroxylation is 1. The number of nitrogens with zero attached hydrogens (tertiary/aromatic N) is 1. The first-order valence-electron chi connectivity index (χ1n) is 14.6. The molecule has 1 aromatic rings. The number of rotatable bonds is 23. The summed E-state index contributed by atoms with van der Waals surface area (Å²) in [5.41, 5.74) is 2.14. The van der Waals surface area contributed by atoms with Crippen molar-refractivity contribution in [3.05, 3.63) is 17.1 Å². The first-order chi connectivity index (χ1) is 17.3. The van der Waals surface area contributed by atoms with Crippen LogP contribution in [0.1, 0.15) is 129 Å². The lowest BCUT2D eigenvalue weighted by Gasteiger charge is -2.12. The summed E-state index contributed by atoms with van der Waals surface area (Å²) in [4.78, 5) is 12.0.